The van der Waals surface area contributed by atoms with Gasteiger partial charge in [-0.15, -0.1) is 0 Å². The van der Waals surface area contributed by atoms with E-state index in [2.05, 4.69) is 10.2 Å². The Hall–Kier alpha value is -1.36. The fraction of sp³-hybridized carbons (Fsp3) is 0.636. The summed E-state index contributed by atoms with van der Waals surface area (Å²) >= 11 is 0. The van der Waals surface area contributed by atoms with E-state index in [0.29, 0.717) is 18.7 Å². The summed E-state index contributed by atoms with van der Waals surface area (Å²) in [6, 6.07) is 0.174. The molecule has 0 bridgehead atoms. The van der Waals surface area contributed by atoms with E-state index in [1.807, 2.05) is 25.7 Å². The van der Waals surface area contributed by atoms with E-state index in [-0.39, 0.29) is 11.9 Å². The van der Waals surface area contributed by atoms with Gasteiger partial charge in [0.25, 0.3) is 5.91 Å². The average Bonchev–Trinajstić information content (AvgIpc) is 2.64. The van der Waals surface area contributed by atoms with Gasteiger partial charge in [-0.05, 0) is 33.7 Å². The SMILES string of the molecule is Cc1[nH]ncc1C(=O)N(CCCN)C(C)C. The number of nitrogens with zero attached hydrogens (tertiary/aromatic N) is 2. The lowest BCUT2D eigenvalue weighted by atomic mass is 10.2. The molecule has 0 saturated heterocycles. The molecule has 0 fully saturated rings. The molecule has 0 aliphatic carbocycles. The molecular weight excluding hydrogens is 204 g/mol. The van der Waals surface area contributed by atoms with Gasteiger partial charge in [0, 0.05) is 18.3 Å². The van der Waals surface area contributed by atoms with E-state index in [0.717, 1.165) is 12.1 Å². The van der Waals surface area contributed by atoms with Crippen LogP contribution >= 0.6 is 0 Å². The van der Waals surface area contributed by atoms with Gasteiger partial charge in [0.15, 0.2) is 0 Å². The van der Waals surface area contributed by atoms with Crippen LogP contribution in [0, 0.1) is 6.92 Å². The summed E-state index contributed by atoms with van der Waals surface area (Å²) in [6.45, 7) is 7.15. The second-order valence-electron chi connectivity index (χ2n) is 4.14. The highest BCUT2D eigenvalue weighted by atomic mass is 16.2. The number of hydrogen-bond donors (Lipinski definition) is 2. The lowest BCUT2D eigenvalue weighted by Gasteiger charge is -2.26. The van der Waals surface area contributed by atoms with Gasteiger partial charge in [0.05, 0.1) is 11.8 Å². The van der Waals surface area contributed by atoms with Gasteiger partial charge in [-0.25, -0.2) is 0 Å². The summed E-state index contributed by atoms with van der Waals surface area (Å²) in [6.07, 6.45) is 2.40. The molecule has 0 aromatic carbocycles. The van der Waals surface area contributed by atoms with Crippen LogP contribution < -0.4 is 5.73 Å². The predicted octanol–water partition coefficient (Wildman–Crippen LogP) is 0.918. The first-order valence-electron chi connectivity index (χ1n) is 5.59. The van der Waals surface area contributed by atoms with Gasteiger partial charge in [0.1, 0.15) is 0 Å². The van der Waals surface area contributed by atoms with Crippen LogP contribution in [-0.4, -0.2) is 40.1 Å². The Morgan fingerprint density at radius 3 is 2.75 bits per heavy atom. The summed E-state index contributed by atoms with van der Waals surface area (Å²) in [7, 11) is 0. The zero-order chi connectivity index (χ0) is 12.1. The normalized spacial score (nSPS) is 10.8. The molecule has 0 atom stereocenters. The van der Waals surface area contributed by atoms with Gasteiger partial charge >= 0.3 is 0 Å². The third-order valence-corrected chi connectivity index (χ3v) is 2.55. The summed E-state index contributed by atoms with van der Waals surface area (Å²) in [4.78, 5) is 14.0. The smallest absolute Gasteiger partial charge is 0.257 e. The number of aromatic nitrogens is 2. The molecule has 16 heavy (non-hydrogen) atoms. The van der Waals surface area contributed by atoms with Crippen LogP contribution in [0.15, 0.2) is 6.20 Å². The molecule has 90 valence electrons. The van der Waals surface area contributed by atoms with Gasteiger partial charge in [-0.2, -0.15) is 5.10 Å². The van der Waals surface area contributed by atoms with Gasteiger partial charge < -0.3 is 10.6 Å². The van der Waals surface area contributed by atoms with Crippen molar-refractivity contribution in [3.05, 3.63) is 17.5 Å². The second-order valence-corrected chi connectivity index (χ2v) is 4.14. The van der Waals surface area contributed by atoms with E-state index < -0.39 is 0 Å². The minimum atomic E-state index is 0.0229. The Labute approximate surface area is 96.0 Å². The molecule has 1 aromatic heterocycles. The molecule has 1 aromatic rings. The van der Waals surface area contributed by atoms with E-state index in [1.54, 1.807) is 6.20 Å². The third-order valence-electron chi connectivity index (χ3n) is 2.55. The molecule has 0 spiro atoms. The van der Waals surface area contributed by atoms with E-state index in [4.69, 9.17) is 5.73 Å². The quantitative estimate of drug-likeness (QED) is 0.781. The van der Waals surface area contributed by atoms with Crippen molar-refractivity contribution in [3.63, 3.8) is 0 Å². The monoisotopic (exact) mass is 224 g/mol. The molecule has 1 rings (SSSR count). The van der Waals surface area contributed by atoms with Crippen molar-refractivity contribution in [2.45, 2.75) is 33.2 Å². The molecule has 1 heterocycles. The predicted molar refractivity (Wildman–Crippen MR) is 63.2 cm³/mol. The fourth-order valence-corrected chi connectivity index (χ4v) is 1.58. The molecular formula is C11H20N4O. The highest BCUT2D eigenvalue weighted by molar-refractivity contribution is 5.95. The molecule has 0 saturated carbocycles. The van der Waals surface area contributed by atoms with Crippen LogP contribution in [0.5, 0.6) is 0 Å². The first-order valence-corrected chi connectivity index (χ1v) is 5.59. The van der Waals surface area contributed by atoms with Crippen LogP contribution in [0.2, 0.25) is 0 Å². The molecule has 0 radical (unpaired) electrons. The van der Waals surface area contributed by atoms with E-state index in [1.165, 1.54) is 0 Å². The van der Waals surface area contributed by atoms with Crippen LogP contribution in [0.1, 0.15) is 36.3 Å². The second kappa shape index (κ2) is 5.65. The number of nitrogens with two attached hydrogens (primary N) is 1. The van der Waals surface area contributed by atoms with Crippen molar-refractivity contribution in [1.29, 1.82) is 0 Å². The molecule has 5 nitrogen and oxygen atoms in total. The summed E-state index contributed by atoms with van der Waals surface area (Å²) in [5.41, 5.74) is 6.92. The molecule has 3 N–H and O–H groups in total. The van der Waals surface area contributed by atoms with Crippen LogP contribution in [-0.2, 0) is 0 Å². The first kappa shape index (κ1) is 12.7. The average molecular weight is 224 g/mol. The first-order chi connectivity index (χ1) is 7.57. The van der Waals surface area contributed by atoms with Crippen molar-refractivity contribution >= 4 is 5.91 Å². The molecule has 0 aliphatic rings. The third kappa shape index (κ3) is 2.82. The summed E-state index contributed by atoms with van der Waals surface area (Å²) in [5, 5.41) is 6.64. The molecule has 0 aliphatic heterocycles. The summed E-state index contributed by atoms with van der Waals surface area (Å²) in [5.74, 6) is 0.0229. The maximum Gasteiger partial charge on any atom is 0.257 e. The van der Waals surface area contributed by atoms with Crippen molar-refractivity contribution in [3.8, 4) is 0 Å². The highest BCUT2D eigenvalue weighted by Gasteiger charge is 2.20. The lowest BCUT2D eigenvalue weighted by molar-refractivity contribution is 0.0704. The van der Waals surface area contributed by atoms with Crippen LogP contribution in [0.25, 0.3) is 0 Å². The van der Waals surface area contributed by atoms with Crippen molar-refractivity contribution in [1.82, 2.24) is 15.1 Å². The Balaban J connectivity index is 2.79. The molecule has 0 unspecified atom stereocenters. The zero-order valence-electron chi connectivity index (χ0n) is 10.2. The maximum atomic E-state index is 12.2. The number of amides is 1. The van der Waals surface area contributed by atoms with Gasteiger partial charge in [0.2, 0.25) is 0 Å². The van der Waals surface area contributed by atoms with Crippen molar-refractivity contribution < 1.29 is 4.79 Å². The number of carbonyl (C=O) groups is 1. The highest BCUT2D eigenvalue weighted by Crippen LogP contribution is 2.10. The maximum absolute atomic E-state index is 12.2. The number of carbonyl (C=O) groups excluding carboxylic acids is 1. The van der Waals surface area contributed by atoms with E-state index in [9.17, 15) is 4.79 Å². The van der Waals surface area contributed by atoms with Crippen molar-refractivity contribution in [2.75, 3.05) is 13.1 Å². The standard InChI is InChI=1S/C11H20N4O/c1-8(2)15(6-4-5-12)11(16)10-7-13-14-9(10)3/h7-8H,4-6,12H2,1-3H3,(H,13,14). The number of nitrogens with one attached hydrogen (secondary N) is 1. The Morgan fingerprint density at radius 1 is 1.62 bits per heavy atom. The molecule has 1 amide bonds. The number of aromatic amines is 1. The minimum absolute atomic E-state index is 0.0229. The summed E-state index contributed by atoms with van der Waals surface area (Å²) < 4.78 is 0. The lowest BCUT2D eigenvalue weighted by Crippen LogP contribution is -2.38. The number of rotatable bonds is 5. The minimum Gasteiger partial charge on any atom is -0.336 e. The van der Waals surface area contributed by atoms with Gasteiger partial charge in [-0.3, -0.25) is 9.89 Å². The van der Waals surface area contributed by atoms with Crippen molar-refractivity contribution in [2.24, 2.45) is 5.73 Å². The fourth-order valence-electron chi connectivity index (χ4n) is 1.58. The van der Waals surface area contributed by atoms with Crippen LogP contribution in [0.3, 0.4) is 0 Å². The van der Waals surface area contributed by atoms with Crippen LogP contribution in [0.4, 0.5) is 0 Å². The molecule has 5 heteroatoms. The number of H-pyrrole nitrogens is 1. The largest absolute Gasteiger partial charge is 0.336 e. The Bertz CT molecular complexity index is 346. The Kier molecular flexibility index (Phi) is 4.49. The number of hydrogen-bond acceptors (Lipinski definition) is 3. The van der Waals surface area contributed by atoms with E-state index >= 15 is 0 Å². The number of aryl methyl sites for hydroxylation is 1. The van der Waals surface area contributed by atoms with Gasteiger partial charge in [-0.1, -0.05) is 0 Å². The topological polar surface area (TPSA) is 75.0 Å². The zero-order valence-corrected chi connectivity index (χ0v) is 10.2. The Morgan fingerprint density at radius 2 is 2.31 bits per heavy atom.